The molecule has 0 radical (unpaired) electrons. The molecule has 2 rings (SSSR count). The second-order valence-corrected chi connectivity index (χ2v) is 5.79. The van der Waals surface area contributed by atoms with Crippen LogP contribution in [0.15, 0.2) is 53.6 Å². The SMILES string of the molecule is CC(C)c1ccc(OCC(=O)N/N=C/c2ccc(Cl)cc2)cc1. The topological polar surface area (TPSA) is 50.7 Å². The zero-order valence-electron chi connectivity index (χ0n) is 13.1. The summed E-state index contributed by atoms with van der Waals surface area (Å²) in [7, 11) is 0. The maximum absolute atomic E-state index is 11.7. The summed E-state index contributed by atoms with van der Waals surface area (Å²) < 4.78 is 5.42. The van der Waals surface area contributed by atoms with Crippen LogP contribution >= 0.6 is 11.6 Å². The minimum atomic E-state index is -0.317. The van der Waals surface area contributed by atoms with Crippen molar-refractivity contribution in [2.45, 2.75) is 19.8 Å². The van der Waals surface area contributed by atoms with E-state index < -0.39 is 0 Å². The molecule has 0 aromatic heterocycles. The lowest BCUT2D eigenvalue weighted by Crippen LogP contribution is -2.24. The second kappa shape index (κ2) is 8.34. The lowest BCUT2D eigenvalue weighted by molar-refractivity contribution is -0.123. The van der Waals surface area contributed by atoms with Crippen molar-refractivity contribution in [2.75, 3.05) is 6.61 Å². The highest BCUT2D eigenvalue weighted by molar-refractivity contribution is 6.30. The fraction of sp³-hybridized carbons (Fsp3) is 0.222. The number of benzene rings is 2. The molecule has 0 aliphatic carbocycles. The van der Waals surface area contributed by atoms with E-state index in [0.717, 1.165) is 5.56 Å². The Bertz CT molecular complexity index is 664. The normalized spacial score (nSPS) is 11.0. The summed E-state index contributed by atoms with van der Waals surface area (Å²) in [6.07, 6.45) is 1.55. The molecule has 2 aromatic carbocycles. The second-order valence-electron chi connectivity index (χ2n) is 5.36. The Morgan fingerprint density at radius 1 is 1.17 bits per heavy atom. The summed E-state index contributed by atoms with van der Waals surface area (Å²) >= 11 is 5.79. The van der Waals surface area contributed by atoms with Crippen molar-refractivity contribution >= 4 is 23.7 Å². The molecule has 0 atom stereocenters. The van der Waals surface area contributed by atoms with Crippen molar-refractivity contribution < 1.29 is 9.53 Å². The van der Waals surface area contributed by atoms with Crippen LogP contribution in [-0.2, 0) is 4.79 Å². The lowest BCUT2D eigenvalue weighted by atomic mass is 10.0. The Labute approximate surface area is 141 Å². The summed E-state index contributed by atoms with van der Waals surface area (Å²) in [5.41, 5.74) is 4.50. The van der Waals surface area contributed by atoms with Gasteiger partial charge in [0.15, 0.2) is 6.61 Å². The van der Waals surface area contributed by atoms with E-state index in [9.17, 15) is 4.79 Å². The van der Waals surface area contributed by atoms with Crippen LogP contribution in [0.2, 0.25) is 5.02 Å². The number of nitrogens with one attached hydrogen (secondary N) is 1. The molecule has 120 valence electrons. The number of rotatable bonds is 6. The first-order chi connectivity index (χ1) is 11.0. The van der Waals surface area contributed by atoms with Gasteiger partial charge in [0, 0.05) is 5.02 Å². The quantitative estimate of drug-likeness (QED) is 0.643. The maximum atomic E-state index is 11.7. The number of carbonyl (C=O) groups excluding carboxylic acids is 1. The molecule has 0 bridgehead atoms. The van der Waals surface area contributed by atoms with Crippen LogP contribution in [0.3, 0.4) is 0 Å². The molecule has 4 nitrogen and oxygen atoms in total. The van der Waals surface area contributed by atoms with E-state index >= 15 is 0 Å². The maximum Gasteiger partial charge on any atom is 0.277 e. The number of ether oxygens (including phenoxy) is 1. The first kappa shape index (κ1) is 17.0. The lowest BCUT2D eigenvalue weighted by Gasteiger charge is -2.08. The van der Waals surface area contributed by atoms with Crippen LogP contribution in [0.1, 0.15) is 30.9 Å². The van der Waals surface area contributed by atoms with Crippen LogP contribution in [0, 0.1) is 0 Å². The minimum absolute atomic E-state index is 0.0843. The Hall–Kier alpha value is -2.33. The van der Waals surface area contributed by atoms with Crippen LogP contribution in [0.5, 0.6) is 5.75 Å². The van der Waals surface area contributed by atoms with Gasteiger partial charge in [-0.05, 0) is 41.3 Å². The highest BCUT2D eigenvalue weighted by Gasteiger charge is 2.03. The average Bonchev–Trinajstić information content (AvgIpc) is 2.55. The molecule has 0 unspecified atom stereocenters. The first-order valence-corrected chi connectivity index (χ1v) is 7.72. The Morgan fingerprint density at radius 3 is 2.43 bits per heavy atom. The monoisotopic (exact) mass is 330 g/mol. The predicted octanol–water partition coefficient (Wildman–Crippen LogP) is 3.99. The summed E-state index contributed by atoms with van der Waals surface area (Å²) in [5.74, 6) is 0.809. The molecule has 0 saturated carbocycles. The van der Waals surface area contributed by atoms with Gasteiger partial charge in [-0.25, -0.2) is 5.43 Å². The van der Waals surface area contributed by atoms with Crippen molar-refractivity contribution in [3.8, 4) is 5.75 Å². The molecular weight excluding hydrogens is 312 g/mol. The van der Waals surface area contributed by atoms with E-state index in [1.54, 1.807) is 18.3 Å². The van der Waals surface area contributed by atoms with Gasteiger partial charge < -0.3 is 4.74 Å². The van der Waals surface area contributed by atoms with Crippen molar-refractivity contribution in [3.05, 3.63) is 64.7 Å². The number of hydrogen-bond acceptors (Lipinski definition) is 3. The summed E-state index contributed by atoms with van der Waals surface area (Å²) in [5, 5.41) is 4.53. The Kier molecular flexibility index (Phi) is 6.18. The van der Waals surface area contributed by atoms with Gasteiger partial charge in [0.1, 0.15) is 5.75 Å². The molecule has 0 saturated heterocycles. The van der Waals surface area contributed by atoms with Gasteiger partial charge in [0.2, 0.25) is 0 Å². The van der Waals surface area contributed by atoms with Gasteiger partial charge in [-0.15, -0.1) is 0 Å². The third-order valence-corrected chi connectivity index (χ3v) is 3.44. The predicted molar refractivity (Wildman–Crippen MR) is 93.2 cm³/mol. The van der Waals surface area contributed by atoms with Gasteiger partial charge in [0.05, 0.1) is 6.21 Å². The van der Waals surface area contributed by atoms with Crippen molar-refractivity contribution in [1.29, 1.82) is 0 Å². The molecule has 0 fully saturated rings. The summed E-state index contributed by atoms with van der Waals surface area (Å²) in [4.78, 5) is 11.7. The number of hydrazone groups is 1. The number of carbonyl (C=O) groups is 1. The first-order valence-electron chi connectivity index (χ1n) is 7.35. The zero-order chi connectivity index (χ0) is 16.7. The van der Waals surface area contributed by atoms with Crippen LogP contribution < -0.4 is 10.2 Å². The third kappa shape index (κ3) is 5.75. The fourth-order valence-electron chi connectivity index (χ4n) is 1.86. The number of nitrogens with zero attached hydrogens (tertiary/aromatic N) is 1. The van der Waals surface area contributed by atoms with Gasteiger partial charge in [-0.1, -0.05) is 49.7 Å². The van der Waals surface area contributed by atoms with Gasteiger partial charge in [-0.2, -0.15) is 5.10 Å². The van der Waals surface area contributed by atoms with Crippen molar-refractivity contribution in [1.82, 2.24) is 5.43 Å². The van der Waals surface area contributed by atoms with E-state index in [4.69, 9.17) is 16.3 Å². The number of hydrogen-bond donors (Lipinski definition) is 1. The van der Waals surface area contributed by atoms with E-state index in [2.05, 4.69) is 24.4 Å². The van der Waals surface area contributed by atoms with E-state index in [1.165, 1.54) is 5.56 Å². The highest BCUT2D eigenvalue weighted by atomic mass is 35.5. The molecule has 0 spiro atoms. The fourth-order valence-corrected chi connectivity index (χ4v) is 1.98. The Balaban J connectivity index is 1.77. The summed E-state index contributed by atoms with van der Waals surface area (Å²) in [6, 6.07) is 14.9. The van der Waals surface area contributed by atoms with Gasteiger partial charge >= 0.3 is 0 Å². The Morgan fingerprint density at radius 2 is 1.83 bits per heavy atom. The largest absolute Gasteiger partial charge is 0.484 e. The average molecular weight is 331 g/mol. The van der Waals surface area contributed by atoms with Gasteiger partial charge in [0.25, 0.3) is 5.91 Å². The molecule has 0 aliphatic rings. The molecular formula is C18H19ClN2O2. The van der Waals surface area contributed by atoms with Crippen molar-refractivity contribution in [3.63, 3.8) is 0 Å². The van der Waals surface area contributed by atoms with Crippen LogP contribution in [-0.4, -0.2) is 18.7 Å². The van der Waals surface area contributed by atoms with Gasteiger partial charge in [-0.3, -0.25) is 4.79 Å². The van der Waals surface area contributed by atoms with Crippen molar-refractivity contribution in [2.24, 2.45) is 5.10 Å². The van der Waals surface area contributed by atoms with Crippen LogP contribution in [0.25, 0.3) is 0 Å². The molecule has 23 heavy (non-hydrogen) atoms. The standard InChI is InChI=1S/C18H19ClN2O2/c1-13(2)15-5-9-17(10-6-15)23-12-18(22)21-20-11-14-3-7-16(19)8-4-14/h3-11,13H,12H2,1-2H3,(H,21,22)/b20-11+. The molecule has 1 N–H and O–H groups in total. The van der Waals surface area contributed by atoms with Crippen LogP contribution in [0.4, 0.5) is 0 Å². The molecule has 0 heterocycles. The number of amides is 1. The zero-order valence-corrected chi connectivity index (χ0v) is 13.9. The van der Waals surface area contributed by atoms with E-state index in [1.807, 2.05) is 36.4 Å². The third-order valence-electron chi connectivity index (χ3n) is 3.19. The molecule has 5 heteroatoms. The number of halogens is 1. The minimum Gasteiger partial charge on any atom is -0.484 e. The van der Waals surface area contributed by atoms with E-state index in [-0.39, 0.29) is 12.5 Å². The smallest absolute Gasteiger partial charge is 0.277 e. The molecule has 1 amide bonds. The highest BCUT2D eigenvalue weighted by Crippen LogP contribution is 2.18. The molecule has 2 aromatic rings. The summed E-state index contributed by atoms with van der Waals surface area (Å²) in [6.45, 7) is 4.17. The molecule has 0 aliphatic heterocycles. The van der Waals surface area contributed by atoms with E-state index in [0.29, 0.717) is 16.7 Å².